The Labute approximate surface area is 115 Å². The SMILES string of the molecule is O=C(O)CN(Cc1cc(F)ccc1O)c1ccccc1. The number of hydrogen-bond acceptors (Lipinski definition) is 3. The van der Waals surface area contributed by atoms with Crippen molar-refractivity contribution in [3.8, 4) is 5.75 Å². The number of carbonyl (C=O) groups is 1. The summed E-state index contributed by atoms with van der Waals surface area (Å²) in [4.78, 5) is 12.5. The maximum Gasteiger partial charge on any atom is 0.323 e. The Morgan fingerprint density at radius 3 is 2.50 bits per heavy atom. The lowest BCUT2D eigenvalue weighted by Gasteiger charge is -2.23. The number of rotatable bonds is 5. The van der Waals surface area contributed by atoms with Gasteiger partial charge in [0.05, 0.1) is 0 Å². The number of halogens is 1. The molecule has 2 N–H and O–H groups in total. The van der Waals surface area contributed by atoms with Crippen molar-refractivity contribution in [1.82, 2.24) is 0 Å². The van der Waals surface area contributed by atoms with E-state index < -0.39 is 11.8 Å². The van der Waals surface area contributed by atoms with Crippen LogP contribution in [0.15, 0.2) is 48.5 Å². The molecule has 0 aromatic heterocycles. The summed E-state index contributed by atoms with van der Waals surface area (Å²) in [7, 11) is 0. The molecule has 0 fully saturated rings. The van der Waals surface area contributed by atoms with Crippen LogP contribution in [-0.4, -0.2) is 22.7 Å². The fourth-order valence-electron chi connectivity index (χ4n) is 1.93. The summed E-state index contributed by atoms with van der Waals surface area (Å²) in [6.45, 7) is -0.125. The number of anilines is 1. The molecule has 2 aromatic carbocycles. The average Bonchev–Trinajstić information content (AvgIpc) is 2.42. The van der Waals surface area contributed by atoms with Crippen molar-refractivity contribution < 1.29 is 19.4 Å². The zero-order chi connectivity index (χ0) is 14.5. The van der Waals surface area contributed by atoms with Gasteiger partial charge in [-0.25, -0.2) is 4.39 Å². The van der Waals surface area contributed by atoms with Gasteiger partial charge in [-0.2, -0.15) is 0 Å². The van der Waals surface area contributed by atoms with Crippen molar-refractivity contribution in [2.24, 2.45) is 0 Å². The number of carboxylic acids is 1. The quantitative estimate of drug-likeness (QED) is 0.880. The molecule has 2 rings (SSSR count). The number of aliphatic carboxylic acids is 1. The molecule has 0 saturated carbocycles. The molecule has 0 saturated heterocycles. The summed E-state index contributed by atoms with van der Waals surface area (Å²) in [5.74, 6) is -1.52. The molecule has 0 aliphatic carbocycles. The first-order valence-corrected chi connectivity index (χ1v) is 6.05. The Balaban J connectivity index is 2.28. The van der Waals surface area contributed by atoms with Crippen LogP contribution in [0.3, 0.4) is 0 Å². The maximum atomic E-state index is 13.2. The van der Waals surface area contributed by atoms with E-state index in [4.69, 9.17) is 5.11 Å². The summed E-state index contributed by atoms with van der Waals surface area (Å²) in [5, 5.41) is 18.7. The largest absolute Gasteiger partial charge is 0.508 e. The minimum Gasteiger partial charge on any atom is -0.508 e. The smallest absolute Gasteiger partial charge is 0.323 e. The topological polar surface area (TPSA) is 60.8 Å². The number of nitrogens with zero attached hydrogens (tertiary/aromatic N) is 1. The van der Waals surface area contributed by atoms with Crippen LogP contribution >= 0.6 is 0 Å². The maximum absolute atomic E-state index is 13.2. The van der Waals surface area contributed by atoms with Gasteiger partial charge in [-0.05, 0) is 30.3 Å². The number of benzene rings is 2. The highest BCUT2D eigenvalue weighted by Crippen LogP contribution is 2.23. The third kappa shape index (κ3) is 3.47. The van der Waals surface area contributed by atoms with Gasteiger partial charge < -0.3 is 15.1 Å². The lowest BCUT2D eigenvalue weighted by atomic mass is 10.1. The van der Waals surface area contributed by atoms with Crippen LogP contribution in [0.25, 0.3) is 0 Å². The first-order chi connectivity index (χ1) is 9.56. The first-order valence-electron chi connectivity index (χ1n) is 6.05. The summed E-state index contributed by atoms with van der Waals surface area (Å²) < 4.78 is 13.2. The molecular weight excluding hydrogens is 261 g/mol. The molecule has 0 unspecified atom stereocenters. The monoisotopic (exact) mass is 275 g/mol. The predicted molar refractivity (Wildman–Crippen MR) is 73.2 cm³/mol. The highest BCUT2D eigenvalue weighted by molar-refractivity contribution is 5.73. The van der Waals surface area contributed by atoms with Gasteiger partial charge in [0, 0.05) is 17.8 Å². The number of phenols is 1. The van der Waals surface area contributed by atoms with Crippen molar-refractivity contribution in [3.05, 3.63) is 59.9 Å². The number of phenolic OH excluding ortho intramolecular Hbond substituents is 1. The Morgan fingerprint density at radius 1 is 1.15 bits per heavy atom. The summed E-state index contributed by atoms with van der Waals surface area (Å²) >= 11 is 0. The average molecular weight is 275 g/mol. The first kappa shape index (κ1) is 13.9. The Morgan fingerprint density at radius 2 is 1.85 bits per heavy atom. The lowest BCUT2D eigenvalue weighted by Crippen LogP contribution is -2.29. The van der Waals surface area contributed by atoms with E-state index in [9.17, 15) is 14.3 Å². The van der Waals surface area contributed by atoms with Crippen LogP contribution in [-0.2, 0) is 11.3 Å². The second-order valence-corrected chi connectivity index (χ2v) is 4.36. The van der Waals surface area contributed by atoms with Gasteiger partial charge in [0.2, 0.25) is 0 Å². The van der Waals surface area contributed by atoms with Crippen LogP contribution < -0.4 is 4.90 Å². The molecule has 0 heterocycles. The molecule has 104 valence electrons. The third-order valence-electron chi connectivity index (χ3n) is 2.85. The van der Waals surface area contributed by atoms with E-state index in [1.165, 1.54) is 12.1 Å². The van der Waals surface area contributed by atoms with Gasteiger partial charge in [0.25, 0.3) is 0 Å². The molecule has 0 aliphatic rings. The third-order valence-corrected chi connectivity index (χ3v) is 2.85. The van der Waals surface area contributed by atoms with Gasteiger partial charge in [-0.1, -0.05) is 18.2 Å². The normalized spacial score (nSPS) is 10.2. The molecular formula is C15H14FNO3. The summed E-state index contributed by atoms with van der Waals surface area (Å²) in [5.41, 5.74) is 1.04. The van der Waals surface area contributed by atoms with E-state index in [0.29, 0.717) is 11.3 Å². The fraction of sp³-hybridized carbons (Fsp3) is 0.133. The van der Waals surface area contributed by atoms with Crippen molar-refractivity contribution in [3.63, 3.8) is 0 Å². The minimum atomic E-state index is -0.996. The predicted octanol–water partition coefficient (Wildman–Crippen LogP) is 2.62. The lowest BCUT2D eigenvalue weighted by molar-refractivity contribution is -0.135. The van der Waals surface area contributed by atoms with Gasteiger partial charge in [-0.3, -0.25) is 4.79 Å². The number of hydrogen-bond donors (Lipinski definition) is 2. The molecule has 0 amide bonds. The zero-order valence-corrected chi connectivity index (χ0v) is 10.7. The fourth-order valence-corrected chi connectivity index (χ4v) is 1.93. The molecule has 0 bridgehead atoms. The van der Waals surface area contributed by atoms with E-state index in [1.807, 2.05) is 6.07 Å². The Hall–Kier alpha value is -2.56. The Bertz CT molecular complexity index is 601. The van der Waals surface area contributed by atoms with E-state index in [0.717, 1.165) is 6.07 Å². The molecule has 2 aromatic rings. The van der Waals surface area contributed by atoms with Gasteiger partial charge in [-0.15, -0.1) is 0 Å². The van der Waals surface area contributed by atoms with Gasteiger partial charge in [0.1, 0.15) is 18.1 Å². The minimum absolute atomic E-state index is 0.0577. The molecule has 0 spiro atoms. The number of aromatic hydroxyl groups is 1. The van der Waals surface area contributed by atoms with Gasteiger partial charge in [0.15, 0.2) is 0 Å². The summed E-state index contributed by atoms with van der Waals surface area (Å²) in [6.07, 6.45) is 0. The van der Waals surface area contributed by atoms with Crippen LogP contribution in [0.2, 0.25) is 0 Å². The summed E-state index contributed by atoms with van der Waals surface area (Å²) in [6, 6.07) is 12.5. The van der Waals surface area contributed by atoms with Crippen LogP contribution in [0, 0.1) is 5.82 Å². The highest BCUT2D eigenvalue weighted by atomic mass is 19.1. The van der Waals surface area contributed by atoms with E-state index in [2.05, 4.69) is 0 Å². The number of carboxylic acid groups (broad SMARTS) is 1. The van der Waals surface area contributed by atoms with Crippen molar-refractivity contribution in [2.75, 3.05) is 11.4 Å². The van der Waals surface area contributed by atoms with Gasteiger partial charge >= 0.3 is 5.97 Å². The van der Waals surface area contributed by atoms with Crippen LogP contribution in [0.1, 0.15) is 5.56 Å². The van der Waals surface area contributed by atoms with Crippen molar-refractivity contribution in [1.29, 1.82) is 0 Å². The van der Waals surface area contributed by atoms with E-state index >= 15 is 0 Å². The molecule has 0 aliphatic heterocycles. The molecule has 5 heteroatoms. The van der Waals surface area contributed by atoms with Crippen LogP contribution in [0.4, 0.5) is 10.1 Å². The standard InChI is InChI=1S/C15H14FNO3/c16-12-6-7-14(18)11(8-12)9-17(10-15(19)20)13-4-2-1-3-5-13/h1-8,18H,9-10H2,(H,19,20). The molecule has 0 atom stereocenters. The second kappa shape index (κ2) is 6.06. The highest BCUT2D eigenvalue weighted by Gasteiger charge is 2.13. The van der Waals surface area contributed by atoms with E-state index in [-0.39, 0.29) is 18.8 Å². The zero-order valence-electron chi connectivity index (χ0n) is 10.7. The van der Waals surface area contributed by atoms with Crippen molar-refractivity contribution >= 4 is 11.7 Å². The molecule has 20 heavy (non-hydrogen) atoms. The number of para-hydroxylation sites is 1. The van der Waals surface area contributed by atoms with E-state index in [1.54, 1.807) is 29.2 Å². The van der Waals surface area contributed by atoms with Crippen LogP contribution in [0.5, 0.6) is 5.75 Å². The Kier molecular flexibility index (Phi) is 4.20. The van der Waals surface area contributed by atoms with Crippen molar-refractivity contribution in [2.45, 2.75) is 6.54 Å². The molecule has 4 nitrogen and oxygen atoms in total. The molecule has 0 radical (unpaired) electrons. The second-order valence-electron chi connectivity index (χ2n) is 4.36.